The Bertz CT molecular complexity index is 888. The number of aromatic nitrogens is 2. The van der Waals surface area contributed by atoms with Gasteiger partial charge in [-0.05, 0) is 37.5 Å². The molecule has 0 saturated carbocycles. The molecule has 1 N–H and O–H groups in total. The quantitative estimate of drug-likeness (QED) is 0.596. The van der Waals surface area contributed by atoms with Crippen molar-refractivity contribution >= 4 is 23.4 Å². The zero-order valence-electron chi connectivity index (χ0n) is 16.8. The lowest BCUT2D eigenvalue weighted by molar-refractivity contribution is -0.128. The SMILES string of the molecule is CCCc1cc(=O)[nH]c(SCC(=O)N2CCN(c3cccc(C)c3C)CC2)n1. The van der Waals surface area contributed by atoms with Crippen molar-refractivity contribution in [3.05, 3.63) is 51.4 Å². The summed E-state index contributed by atoms with van der Waals surface area (Å²) in [4.78, 5) is 35.8. The van der Waals surface area contributed by atoms with Crippen LogP contribution < -0.4 is 10.5 Å². The van der Waals surface area contributed by atoms with Gasteiger partial charge in [0, 0.05) is 43.6 Å². The summed E-state index contributed by atoms with van der Waals surface area (Å²) in [6.45, 7) is 9.43. The second-order valence-electron chi connectivity index (χ2n) is 7.17. The van der Waals surface area contributed by atoms with Crippen molar-refractivity contribution in [1.82, 2.24) is 14.9 Å². The number of H-pyrrole nitrogens is 1. The van der Waals surface area contributed by atoms with Crippen LogP contribution in [-0.2, 0) is 11.2 Å². The Balaban J connectivity index is 1.54. The Morgan fingerprint density at radius 2 is 1.96 bits per heavy atom. The highest BCUT2D eigenvalue weighted by Gasteiger charge is 2.22. The molecule has 0 aliphatic carbocycles. The summed E-state index contributed by atoms with van der Waals surface area (Å²) >= 11 is 1.31. The van der Waals surface area contributed by atoms with Gasteiger partial charge in [-0.3, -0.25) is 9.59 Å². The number of rotatable bonds is 6. The van der Waals surface area contributed by atoms with Gasteiger partial charge in [0.15, 0.2) is 5.16 Å². The first-order chi connectivity index (χ1) is 13.5. The molecular formula is C21H28N4O2S. The zero-order valence-corrected chi connectivity index (χ0v) is 17.6. The topological polar surface area (TPSA) is 69.3 Å². The summed E-state index contributed by atoms with van der Waals surface area (Å²) in [5.41, 5.74) is 4.48. The lowest BCUT2D eigenvalue weighted by Gasteiger charge is -2.37. The van der Waals surface area contributed by atoms with E-state index in [2.05, 4.69) is 53.8 Å². The molecule has 1 saturated heterocycles. The fourth-order valence-corrected chi connectivity index (χ4v) is 4.23. The molecule has 0 unspecified atom stereocenters. The van der Waals surface area contributed by atoms with Crippen molar-refractivity contribution in [2.75, 3.05) is 36.8 Å². The van der Waals surface area contributed by atoms with Crippen molar-refractivity contribution in [3.63, 3.8) is 0 Å². The number of anilines is 1. The monoisotopic (exact) mass is 400 g/mol. The number of carbonyl (C=O) groups excluding carboxylic acids is 1. The van der Waals surface area contributed by atoms with E-state index in [-0.39, 0.29) is 11.5 Å². The molecule has 0 bridgehead atoms. The number of aryl methyl sites for hydroxylation is 2. The number of carbonyl (C=O) groups is 1. The van der Waals surface area contributed by atoms with Crippen molar-refractivity contribution in [2.45, 2.75) is 38.8 Å². The summed E-state index contributed by atoms with van der Waals surface area (Å²) in [5.74, 6) is 0.385. The molecule has 3 rings (SSSR count). The number of thioether (sulfide) groups is 1. The molecule has 0 spiro atoms. The van der Waals surface area contributed by atoms with E-state index in [0.717, 1.165) is 31.6 Å². The Morgan fingerprint density at radius 1 is 1.21 bits per heavy atom. The van der Waals surface area contributed by atoms with Gasteiger partial charge in [-0.15, -0.1) is 0 Å². The molecule has 150 valence electrons. The second-order valence-corrected chi connectivity index (χ2v) is 8.13. The minimum Gasteiger partial charge on any atom is -0.368 e. The summed E-state index contributed by atoms with van der Waals surface area (Å²) in [5, 5.41) is 0.526. The predicted molar refractivity (Wildman–Crippen MR) is 114 cm³/mol. The molecule has 1 aliphatic heterocycles. The van der Waals surface area contributed by atoms with Crippen LogP contribution in [0.5, 0.6) is 0 Å². The van der Waals surface area contributed by atoms with Crippen LogP contribution in [0.1, 0.15) is 30.2 Å². The first-order valence-electron chi connectivity index (χ1n) is 9.80. The Labute approximate surface area is 170 Å². The van der Waals surface area contributed by atoms with Gasteiger partial charge >= 0.3 is 0 Å². The third kappa shape index (κ3) is 4.95. The zero-order chi connectivity index (χ0) is 20.1. The minimum absolute atomic E-state index is 0.0918. The predicted octanol–water partition coefficient (Wildman–Crippen LogP) is 2.78. The van der Waals surface area contributed by atoms with Gasteiger partial charge < -0.3 is 14.8 Å². The van der Waals surface area contributed by atoms with E-state index in [1.165, 1.54) is 34.6 Å². The second kappa shape index (κ2) is 9.28. The highest BCUT2D eigenvalue weighted by atomic mass is 32.2. The maximum Gasteiger partial charge on any atom is 0.251 e. The third-order valence-corrected chi connectivity index (χ3v) is 6.02. The summed E-state index contributed by atoms with van der Waals surface area (Å²) < 4.78 is 0. The van der Waals surface area contributed by atoms with Gasteiger partial charge in [0.05, 0.1) is 5.75 Å². The summed E-state index contributed by atoms with van der Waals surface area (Å²) in [7, 11) is 0. The average molecular weight is 401 g/mol. The minimum atomic E-state index is -0.157. The van der Waals surface area contributed by atoms with Crippen LogP contribution in [0, 0.1) is 13.8 Å². The molecule has 2 heterocycles. The average Bonchev–Trinajstić information content (AvgIpc) is 2.68. The van der Waals surface area contributed by atoms with Crippen molar-refractivity contribution in [3.8, 4) is 0 Å². The number of aromatic amines is 1. The van der Waals surface area contributed by atoms with Gasteiger partial charge in [0.25, 0.3) is 5.56 Å². The summed E-state index contributed by atoms with van der Waals surface area (Å²) in [6, 6.07) is 7.90. The highest BCUT2D eigenvalue weighted by molar-refractivity contribution is 7.99. The molecule has 28 heavy (non-hydrogen) atoms. The fourth-order valence-electron chi connectivity index (χ4n) is 3.43. The Kier molecular flexibility index (Phi) is 6.78. The smallest absolute Gasteiger partial charge is 0.251 e. The molecule has 1 aliphatic rings. The van der Waals surface area contributed by atoms with Gasteiger partial charge in [0.2, 0.25) is 5.91 Å². The van der Waals surface area contributed by atoms with Gasteiger partial charge in [-0.2, -0.15) is 0 Å². The number of hydrogen-bond donors (Lipinski definition) is 1. The number of benzene rings is 1. The van der Waals surface area contributed by atoms with Crippen LogP contribution in [0.15, 0.2) is 34.2 Å². The van der Waals surface area contributed by atoms with Crippen LogP contribution in [0.2, 0.25) is 0 Å². The van der Waals surface area contributed by atoms with Crippen molar-refractivity contribution < 1.29 is 4.79 Å². The highest BCUT2D eigenvalue weighted by Crippen LogP contribution is 2.24. The van der Waals surface area contributed by atoms with E-state index in [9.17, 15) is 9.59 Å². The van der Waals surface area contributed by atoms with Gasteiger partial charge in [0.1, 0.15) is 0 Å². The van der Waals surface area contributed by atoms with Crippen LogP contribution in [-0.4, -0.2) is 52.7 Å². The van der Waals surface area contributed by atoms with Crippen LogP contribution in [0.4, 0.5) is 5.69 Å². The lowest BCUT2D eigenvalue weighted by Crippen LogP contribution is -2.49. The van der Waals surface area contributed by atoms with Crippen molar-refractivity contribution in [1.29, 1.82) is 0 Å². The van der Waals surface area contributed by atoms with Crippen molar-refractivity contribution in [2.24, 2.45) is 0 Å². The fraction of sp³-hybridized carbons (Fsp3) is 0.476. The number of amides is 1. The first-order valence-corrected chi connectivity index (χ1v) is 10.8. The Hall–Kier alpha value is -2.28. The van der Waals surface area contributed by atoms with Gasteiger partial charge in [-0.25, -0.2) is 4.98 Å². The van der Waals surface area contributed by atoms with E-state index < -0.39 is 0 Å². The summed E-state index contributed by atoms with van der Waals surface area (Å²) in [6.07, 6.45) is 1.70. The van der Waals surface area contributed by atoms with Crippen LogP contribution in [0.3, 0.4) is 0 Å². The van der Waals surface area contributed by atoms with E-state index >= 15 is 0 Å². The third-order valence-electron chi connectivity index (χ3n) is 5.16. The number of hydrogen-bond acceptors (Lipinski definition) is 5. The molecule has 1 aromatic carbocycles. The van der Waals surface area contributed by atoms with Gasteiger partial charge in [-0.1, -0.05) is 37.2 Å². The van der Waals surface area contributed by atoms with Crippen LogP contribution in [0.25, 0.3) is 0 Å². The molecule has 1 fully saturated rings. The molecule has 6 nitrogen and oxygen atoms in total. The van der Waals surface area contributed by atoms with E-state index in [1.54, 1.807) is 0 Å². The number of piperazine rings is 1. The van der Waals surface area contributed by atoms with E-state index in [4.69, 9.17) is 0 Å². The van der Waals surface area contributed by atoms with E-state index in [0.29, 0.717) is 24.0 Å². The van der Waals surface area contributed by atoms with E-state index in [1.807, 2.05) is 4.90 Å². The molecule has 1 amide bonds. The number of nitrogens with zero attached hydrogens (tertiary/aromatic N) is 3. The lowest BCUT2D eigenvalue weighted by atomic mass is 10.1. The maximum atomic E-state index is 12.6. The molecule has 7 heteroatoms. The largest absolute Gasteiger partial charge is 0.368 e. The van der Waals surface area contributed by atoms with Crippen LogP contribution >= 0.6 is 11.8 Å². The molecular weight excluding hydrogens is 372 g/mol. The maximum absolute atomic E-state index is 12.6. The standard InChI is InChI=1S/C21H28N4O2S/c1-4-6-17-13-19(26)23-21(22-17)28-14-20(27)25-11-9-24(10-12-25)18-8-5-7-15(2)16(18)3/h5,7-8,13H,4,6,9-12,14H2,1-3H3,(H,22,23,26). The molecule has 0 atom stereocenters. The first kappa shape index (κ1) is 20.5. The molecule has 2 aromatic rings. The molecule has 0 radical (unpaired) electrons. The number of nitrogens with one attached hydrogen (secondary N) is 1. The molecule has 1 aromatic heterocycles. The normalized spacial score (nSPS) is 14.4. The Morgan fingerprint density at radius 3 is 2.68 bits per heavy atom.